The van der Waals surface area contributed by atoms with Gasteiger partial charge >= 0.3 is 5.97 Å². The summed E-state index contributed by atoms with van der Waals surface area (Å²) in [5.74, 6) is -1.10. The summed E-state index contributed by atoms with van der Waals surface area (Å²) in [4.78, 5) is 10.5. The first-order valence-corrected chi connectivity index (χ1v) is 4.73. The first-order chi connectivity index (χ1) is 7.00. The Morgan fingerprint density at radius 2 is 2.20 bits per heavy atom. The normalized spacial score (nSPS) is 12.1. The van der Waals surface area contributed by atoms with Crippen molar-refractivity contribution in [3.05, 3.63) is 47.0 Å². The highest BCUT2D eigenvalue weighted by Gasteiger charge is 2.13. The van der Waals surface area contributed by atoms with E-state index in [2.05, 4.69) is 6.58 Å². The second kappa shape index (κ2) is 4.96. The summed E-state index contributed by atoms with van der Waals surface area (Å²) in [6.45, 7) is 3.35. The number of carboxylic acid groups (broad SMARTS) is 1. The quantitative estimate of drug-likeness (QED) is 0.776. The van der Waals surface area contributed by atoms with E-state index in [1.807, 2.05) is 0 Å². The summed E-state index contributed by atoms with van der Waals surface area (Å²) in [5.41, 5.74) is 0.562. The predicted octanol–water partition coefficient (Wildman–Crippen LogP) is 2.40. The number of hydrogen-bond donors (Lipinski definition) is 2. The highest BCUT2D eigenvalue weighted by molar-refractivity contribution is 6.30. The maximum absolute atomic E-state index is 10.5. The van der Waals surface area contributed by atoms with E-state index in [-0.39, 0.29) is 12.0 Å². The average Bonchev–Trinajstić information content (AvgIpc) is 2.17. The van der Waals surface area contributed by atoms with Crippen LogP contribution in [-0.4, -0.2) is 16.2 Å². The Bertz CT molecular complexity index is 387. The number of aliphatic carboxylic acids is 1. The van der Waals surface area contributed by atoms with Crippen LogP contribution < -0.4 is 0 Å². The van der Waals surface area contributed by atoms with E-state index >= 15 is 0 Å². The van der Waals surface area contributed by atoms with Crippen LogP contribution in [0.15, 0.2) is 36.4 Å². The van der Waals surface area contributed by atoms with Gasteiger partial charge in [-0.2, -0.15) is 0 Å². The number of halogens is 1. The van der Waals surface area contributed by atoms with E-state index in [0.717, 1.165) is 0 Å². The van der Waals surface area contributed by atoms with E-state index in [1.54, 1.807) is 24.3 Å². The molecule has 1 atom stereocenters. The van der Waals surface area contributed by atoms with E-state index in [1.165, 1.54) is 0 Å². The third kappa shape index (κ3) is 3.38. The van der Waals surface area contributed by atoms with Gasteiger partial charge in [0.1, 0.15) is 0 Å². The standard InChI is InChI=1S/C11H11ClO3/c1-7(11(14)15)5-10(13)8-3-2-4-9(12)6-8/h2-4,6,10,13H,1,5H2,(H,14,15). The van der Waals surface area contributed by atoms with Gasteiger partial charge in [0.15, 0.2) is 0 Å². The van der Waals surface area contributed by atoms with Crippen molar-refractivity contribution in [2.75, 3.05) is 0 Å². The van der Waals surface area contributed by atoms with Gasteiger partial charge in [0, 0.05) is 17.0 Å². The number of benzene rings is 1. The molecule has 0 bridgehead atoms. The largest absolute Gasteiger partial charge is 0.478 e. The molecule has 0 spiro atoms. The van der Waals surface area contributed by atoms with Crippen LogP contribution in [0.25, 0.3) is 0 Å². The number of aliphatic hydroxyl groups excluding tert-OH is 1. The number of rotatable bonds is 4. The third-order valence-electron chi connectivity index (χ3n) is 1.98. The molecule has 0 saturated carbocycles. The molecule has 0 aliphatic rings. The summed E-state index contributed by atoms with van der Waals surface area (Å²) >= 11 is 5.74. The van der Waals surface area contributed by atoms with Gasteiger partial charge in [-0.05, 0) is 17.7 Å². The molecular formula is C11H11ClO3. The molecule has 1 rings (SSSR count). The van der Waals surface area contributed by atoms with Gasteiger partial charge in [-0.15, -0.1) is 0 Å². The monoisotopic (exact) mass is 226 g/mol. The smallest absolute Gasteiger partial charge is 0.331 e. The Morgan fingerprint density at radius 1 is 1.53 bits per heavy atom. The second-order valence-corrected chi connectivity index (χ2v) is 3.62. The molecule has 0 saturated heterocycles. The van der Waals surface area contributed by atoms with Crippen LogP contribution in [-0.2, 0) is 4.79 Å². The molecule has 1 unspecified atom stereocenters. The van der Waals surface area contributed by atoms with E-state index in [4.69, 9.17) is 16.7 Å². The minimum atomic E-state index is -1.10. The number of aliphatic hydroxyl groups is 1. The zero-order valence-electron chi connectivity index (χ0n) is 7.98. The van der Waals surface area contributed by atoms with Gasteiger partial charge in [-0.1, -0.05) is 30.3 Å². The molecule has 4 heteroatoms. The van der Waals surface area contributed by atoms with Gasteiger partial charge in [-0.3, -0.25) is 0 Å². The fraction of sp³-hybridized carbons (Fsp3) is 0.182. The highest BCUT2D eigenvalue weighted by Crippen LogP contribution is 2.22. The lowest BCUT2D eigenvalue weighted by molar-refractivity contribution is -0.133. The van der Waals surface area contributed by atoms with Crippen molar-refractivity contribution in [1.29, 1.82) is 0 Å². The van der Waals surface area contributed by atoms with Crippen LogP contribution in [0.3, 0.4) is 0 Å². The zero-order chi connectivity index (χ0) is 11.4. The first-order valence-electron chi connectivity index (χ1n) is 4.35. The summed E-state index contributed by atoms with van der Waals surface area (Å²) in [7, 11) is 0. The Morgan fingerprint density at radius 3 is 2.73 bits per heavy atom. The van der Waals surface area contributed by atoms with E-state index < -0.39 is 12.1 Å². The van der Waals surface area contributed by atoms with Crippen molar-refractivity contribution in [1.82, 2.24) is 0 Å². The molecule has 80 valence electrons. The van der Waals surface area contributed by atoms with Crippen molar-refractivity contribution in [2.45, 2.75) is 12.5 Å². The Labute approximate surface area is 92.6 Å². The Kier molecular flexibility index (Phi) is 3.88. The van der Waals surface area contributed by atoms with E-state index in [0.29, 0.717) is 10.6 Å². The summed E-state index contributed by atoms with van der Waals surface area (Å²) in [5, 5.41) is 18.8. The lowest BCUT2D eigenvalue weighted by Crippen LogP contribution is -2.05. The topological polar surface area (TPSA) is 57.5 Å². The molecule has 0 fully saturated rings. The van der Waals surface area contributed by atoms with Crippen LogP contribution in [0.5, 0.6) is 0 Å². The SMILES string of the molecule is C=C(CC(O)c1cccc(Cl)c1)C(=O)O. The molecule has 0 heterocycles. The molecule has 0 aromatic heterocycles. The third-order valence-corrected chi connectivity index (χ3v) is 2.21. The maximum atomic E-state index is 10.5. The molecule has 1 aromatic carbocycles. The van der Waals surface area contributed by atoms with Crippen LogP contribution in [0.2, 0.25) is 5.02 Å². The van der Waals surface area contributed by atoms with Crippen molar-refractivity contribution in [2.24, 2.45) is 0 Å². The number of carbonyl (C=O) groups is 1. The number of carboxylic acids is 1. The summed E-state index contributed by atoms with van der Waals surface area (Å²) < 4.78 is 0. The van der Waals surface area contributed by atoms with Crippen molar-refractivity contribution < 1.29 is 15.0 Å². The Balaban J connectivity index is 2.73. The minimum Gasteiger partial charge on any atom is -0.478 e. The molecular weight excluding hydrogens is 216 g/mol. The van der Waals surface area contributed by atoms with E-state index in [9.17, 15) is 9.90 Å². The maximum Gasteiger partial charge on any atom is 0.331 e. The lowest BCUT2D eigenvalue weighted by Gasteiger charge is -2.10. The van der Waals surface area contributed by atoms with Crippen molar-refractivity contribution >= 4 is 17.6 Å². The summed E-state index contributed by atoms with van der Waals surface area (Å²) in [6, 6.07) is 6.67. The molecule has 2 N–H and O–H groups in total. The molecule has 3 nitrogen and oxygen atoms in total. The molecule has 1 aromatic rings. The number of hydrogen-bond acceptors (Lipinski definition) is 2. The molecule has 0 radical (unpaired) electrons. The van der Waals surface area contributed by atoms with Crippen LogP contribution >= 0.6 is 11.6 Å². The highest BCUT2D eigenvalue weighted by atomic mass is 35.5. The van der Waals surface area contributed by atoms with Gasteiger partial charge < -0.3 is 10.2 Å². The molecule has 0 aliphatic heterocycles. The van der Waals surface area contributed by atoms with Crippen LogP contribution in [0.1, 0.15) is 18.1 Å². The van der Waals surface area contributed by atoms with Gasteiger partial charge in [0.05, 0.1) is 6.10 Å². The molecule has 15 heavy (non-hydrogen) atoms. The van der Waals surface area contributed by atoms with Gasteiger partial charge in [0.2, 0.25) is 0 Å². The average molecular weight is 227 g/mol. The predicted molar refractivity (Wildman–Crippen MR) is 57.8 cm³/mol. The lowest BCUT2D eigenvalue weighted by atomic mass is 10.0. The zero-order valence-corrected chi connectivity index (χ0v) is 8.74. The molecule has 0 aliphatic carbocycles. The van der Waals surface area contributed by atoms with Crippen molar-refractivity contribution in [3.63, 3.8) is 0 Å². The van der Waals surface area contributed by atoms with Crippen molar-refractivity contribution in [3.8, 4) is 0 Å². The fourth-order valence-corrected chi connectivity index (χ4v) is 1.35. The first kappa shape index (κ1) is 11.8. The fourth-order valence-electron chi connectivity index (χ4n) is 1.15. The summed E-state index contributed by atoms with van der Waals surface area (Å²) in [6.07, 6.45) is -0.886. The van der Waals surface area contributed by atoms with Gasteiger partial charge in [-0.25, -0.2) is 4.79 Å². The minimum absolute atomic E-state index is 0.00429. The second-order valence-electron chi connectivity index (χ2n) is 3.18. The molecule has 0 amide bonds. The van der Waals surface area contributed by atoms with Crippen LogP contribution in [0, 0.1) is 0 Å². The van der Waals surface area contributed by atoms with Crippen LogP contribution in [0.4, 0.5) is 0 Å². The Hall–Kier alpha value is -1.32. The van der Waals surface area contributed by atoms with Gasteiger partial charge in [0.25, 0.3) is 0 Å².